The van der Waals surface area contributed by atoms with Gasteiger partial charge in [0.1, 0.15) is 11.6 Å². The molecule has 7 heteroatoms. The van der Waals surface area contributed by atoms with Gasteiger partial charge in [-0.05, 0) is 48.2 Å². The Morgan fingerprint density at radius 3 is 2.71 bits per heavy atom. The van der Waals surface area contributed by atoms with E-state index in [1.165, 1.54) is 18.2 Å². The van der Waals surface area contributed by atoms with E-state index in [-0.39, 0.29) is 17.2 Å². The van der Waals surface area contributed by atoms with Crippen molar-refractivity contribution in [1.29, 1.82) is 0 Å². The zero-order chi connectivity index (χ0) is 21.5. The minimum Gasteiger partial charge on any atom is -0.478 e. The molecule has 1 aromatic heterocycles. The molecule has 5 rings (SSSR count). The van der Waals surface area contributed by atoms with Crippen LogP contribution in [0.25, 0.3) is 17.0 Å². The number of ether oxygens (including phenoxy) is 1. The normalized spacial score (nSPS) is 21.7. The standard InChI is InChI=1S/C24H22F2N2O3/c25-18-11-14(5-6-21(29)30)12-19(26)22(18)24-23-17(16-3-1-2-4-20(16)27-23)7-9-28(24)15-8-10-31-13-15/h1-6,11-12,15,24,27H,7-10,13H2,(H,29,30)/b6-5+/t15-,24+/m0/s1. The molecule has 3 heterocycles. The lowest BCUT2D eigenvalue weighted by atomic mass is 9.89. The monoisotopic (exact) mass is 424 g/mol. The number of fused-ring (bicyclic) bond motifs is 3. The van der Waals surface area contributed by atoms with Crippen LogP contribution in [0.2, 0.25) is 0 Å². The number of hydrogen-bond acceptors (Lipinski definition) is 3. The van der Waals surface area contributed by atoms with Crippen molar-refractivity contribution in [2.45, 2.75) is 24.9 Å². The maximum Gasteiger partial charge on any atom is 0.328 e. The number of para-hydroxylation sites is 1. The Morgan fingerprint density at radius 2 is 2.00 bits per heavy atom. The predicted octanol–water partition coefficient (Wildman–Crippen LogP) is 4.28. The third-order valence-electron chi connectivity index (χ3n) is 6.24. The number of H-pyrrole nitrogens is 1. The Hall–Kier alpha value is -3.03. The molecule has 31 heavy (non-hydrogen) atoms. The van der Waals surface area contributed by atoms with Gasteiger partial charge in [0.2, 0.25) is 0 Å². The van der Waals surface area contributed by atoms with E-state index >= 15 is 8.78 Å². The quantitative estimate of drug-likeness (QED) is 0.614. The fourth-order valence-corrected chi connectivity index (χ4v) is 4.88. The first-order chi connectivity index (χ1) is 15.0. The third kappa shape index (κ3) is 3.54. The van der Waals surface area contributed by atoms with Crippen molar-refractivity contribution in [2.75, 3.05) is 19.8 Å². The Bertz CT molecular complexity index is 1160. The van der Waals surface area contributed by atoms with Gasteiger partial charge < -0.3 is 14.8 Å². The molecule has 2 aliphatic heterocycles. The third-order valence-corrected chi connectivity index (χ3v) is 6.24. The van der Waals surface area contributed by atoms with Crippen molar-refractivity contribution >= 4 is 22.9 Å². The molecule has 1 fully saturated rings. The summed E-state index contributed by atoms with van der Waals surface area (Å²) in [6.07, 6.45) is 3.66. The second kappa shape index (κ2) is 7.90. The van der Waals surface area contributed by atoms with Gasteiger partial charge in [-0.2, -0.15) is 0 Å². The highest BCUT2D eigenvalue weighted by Gasteiger charge is 2.39. The fraction of sp³-hybridized carbons (Fsp3) is 0.292. The van der Waals surface area contributed by atoms with Gasteiger partial charge in [0, 0.05) is 47.4 Å². The number of nitrogens with zero attached hydrogens (tertiary/aromatic N) is 1. The minimum absolute atomic E-state index is 0.0214. The molecule has 160 valence electrons. The average Bonchev–Trinajstić information content (AvgIpc) is 3.40. The van der Waals surface area contributed by atoms with Gasteiger partial charge in [0.15, 0.2) is 0 Å². The number of aromatic amines is 1. The van der Waals surface area contributed by atoms with E-state index in [4.69, 9.17) is 9.84 Å². The Kier molecular flexibility index (Phi) is 5.08. The number of rotatable bonds is 4. The first-order valence-corrected chi connectivity index (χ1v) is 10.4. The Balaban J connectivity index is 1.66. The molecule has 0 radical (unpaired) electrons. The topological polar surface area (TPSA) is 65.6 Å². The summed E-state index contributed by atoms with van der Waals surface area (Å²) >= 11 is 0. The van der Waals surface area contributed by atoms with E-state index in [0.29, 0.717) is 19.8 Å². The molecule has 0 unspecified atom stereocenters. The molecule has 2 N–H and O–H groups in total. The second-order valence-electron chi connectivity index (χ2n) is 8.04. The van der Waals surface area contributed by atoms with Crippen LogP contribution in [0.3, 0.4) is 0 Å². The molecule has 0 spiro atoms. The second-order valence-corrected chi connectivity index (χ2v) is 8.04. The number of carboxylic acids is 1. The zero-order valence-corrected chi connectivity index (χ0v) is 16.8. The zero-order valence-electron chi connectivity index (χ0n) is 16.8. The number of hydrogen-bond donors (Lipinski definition) is 2. The Morgan fingerprint density at radius 1 is 1.23 bits per heavy atom. The number of carboxylic acid groups (broad SMARTS) is 1. The molecule has 0 bridgehead atoms. The lowest BCUT2D eigenvalue weighted by Gasteiger charge is -2.39. The van der Waals surface area contributed by atoms with Crippen molar-refractivity contribution < 1.29 is 23.4 Å². The van der Waals surface area contributed by atoms with Crippen molar-refractivity contribution in [3.63, 3.8) is 0 Å². The Labute approximate surface area is 177 Å². The highest BCUT2D eigenvalue weighted by molar-refractivity contribution is 5.86. The van der Waals surface area contributed by atoms with E-state index in [1.807, 2.05) is 24.3 Å². The van der Waals surface area contributed by atoms with Gasteiger partial charge in [-0.3, -0.25) is 4.90 Å². The molecule has 0 aliphatic carbocycles. The van der Waals surface area contributed by atoms with Gasteiger partial charge in [-0.1, -0.05) is 18.2 Å². The van der Waals surface area contributed by atoms with Crippen molar-refractivity contribution in [2.24, 2.45) is 0 Å². The van der Waals surface area contributed by atoms with Crippen LogP contribution >= 0.6 is 0 Å². The van der Waals surface area contributed by atoms with Crippen LogP contribution in [0.1, 0.15) is 34.8 Å². The smallest absolute Gasteiger partial charge is 0.328 e. The highest BCUT2D eigenvalue weighted by atomic mass is 19.1. The molecule has 2 aromatic carbocycles. The molecular formula is C24H22F2N2O3. The predicted molar refractivity (Wildman–Crippen MR) is 113 cm³/mol. The minimum atomic E-state index is -1.17. The van der Waals surface area contributed by atoms with Gasteiger partial charge in [0.25, 0.3) is 0 Å². The van der Waals surface area contributed by atoms with E-state index in [0.717, 1.165) is 41.1 Å². The van der Waals surface area contributed by atoms with Gasteiger partial charge in [-0.15, -0.1) is 0 Å². The molecule has 5 nitrogen and oxygen atoms in total. The van der Waals surface area contributed by atoms with Crippen molar-refractivity contribution in [3.8, 4) is 0 Å². The number of benzene rings is 2. The molecule has 2 atom stereocenters. The van der Waals surface area contributed by atoms with Crippen LogP contribution in [0.4, 0.5) is 8.78 Å². The summed E-state index contributed by atoms with van der Waals surface area (Å²) in [5, 5.41) is 9.88. The molecule has 0 saturated carbocycles. The van der Waals surface area contributed by atoms with Crippen LogP contribution in [0.15, 0.2) is 42.5 Å². The number of nitrogens with one attached hydrogen (secondary N) is 1. The largest absolute Gasteiger partial charge is 0.478 e. The van der Waals surface area contributed by atoms with Crippen molar-refractivity contribution in [3.05, 3.63) is 76.5 Å². The fourth-order valence-electron chi connectivity index (χ4n) is 4.88. The highest BCUT2D eigenvalue weighted by Crippen LogP contribution is 2.42. The van der Waals surface area contributed by atoms with Crippen LogP contribution in [-0.4, -0.2) is 46.8 Å². The number of halogens is 2. The summed E-state index contributed by atoms with van der Waals surface area (Å²) in [7, 11) is 0. The molecule has 3 aromatic rings. The summed E-state index contributed by atoms with van der Waals surface area (Å²) in [5.41, 5.74) is 3.00. The van der Waals surface area contributed by atoms with Crippen LogP contribution in [0.5, 0.6) is 0 Å². The van der Waals surface area contributed by atoms with Crippen LogP contribution < -0.4 is 0 Å². The summed E-state index contributed by atoms with van der Waals surface area (Å²) < 4.78 is 36.2. The lowest BCUT2D eigenvalue weighted by Crippen LogP contribution is -2.44. The first-order valence-electron chi connectivity index (χ1n) is 10.4. The summed E-state index contributed by atoms with van der Waals surface area (Å²) in [5.74, 6) is -2.55. The molecular weight excluding hydrogens is 402 g/mol. The van der Waals surface area contributed by atoms with E-state index in [1.54, 1.807) is 0 Å². The van der Waals surface area contributed by atoms with Crippen LogP contribution in [0, 0.1) is 11.6 Å². The SMILES string of the molecule is O=C(O)/C=C/c1cc(F)c([C@@H]2c3[nH]c4ccccc4c3CCN2[C@H]2CCOC2)c(F)c1. The molecule has 0 amide bonds. The molecule has 2 aliphatic rings. The maximum atomic E-state index is 15.3. The number of aliphatic carboxylic acids is 1. The summed E-state index contributed by atoms with van der Waals surface area (Å²) in [6, 6.07) is 9.76. The van der Waals surface area contributed by atoms with Gasteiger partial charge >= 0.3 is 5.97 Å². The van der Waals surface area contributed by atoms with E-state index in [9.17, 15) is 4.79 Å². The van der Waals surface area contributed by atoms with E-state index in [2.05, 4.69) is 9.88 Å². The summed E-state index contributed by atoms with van der Waals surface area (Å²) in [6.45, 7) is 1.85. The lowest BCUT2D eigenvalue weighted by molar-refractivity contribution is -0.131. The van der Waals surface area contributed by atoms with Gasteiger partial charge in [-0.25, -0.2) is 13.6 Å². The number of aromatic nitrogens is 1. The molecule has 1 saturated heterocycles. The number of carbonyl (C=O) groups is 1. The van der Waals surface area contributed by atoms with Gasteiger partial charge in [0.05, 0.1) is 12.6 Å². The maximum absolute atomic E-state index is 15.3. The van der Waals surface area contributed by atoms with E-state index < -0.39 is 23.6 Å². The first kappa shape index (κ1) is 19.9. The average molecular weight is 424 g/mol. The van der Waals surface area contributed by atoms with Crippen molar-refractivity contribution in [1.82, 2.24) is 9.88 Å². The summed E-state index contributed by atoms with van der Waals surface area (Å²) in [4.78, 5) is 16.3. The van der Waals surface area contributed by atoms with Crippen LogP contribution in [-0.2, 0) is 16.0 Å².